The van der Waals surface area contributed by atoms with Crippen LogP contribution in [0.5, 0.6) is 0 Å². The molecule has 0 aromatic heterocycles. The number of carbonyl (C=O) groups is 1. The molecule has 0 atom stereocenters. The van der Waals surface area contributed by atoms with Crippen molar-refractivity contribution in [2.75, 3.05) is 39.6 Å². The zero-order valence-corrected chi connectivity index (χ0v) is 15.6. The van der Waals surface area contributed by atoms with Gasteiger partial charge in [-0.2, -0.15) is 0 Å². The molecule has 0 amide bonds. The summed E-state index contributed by atoms with van der Waals surface area (Å²) >= 11 is 0. The van der Waals surface area contributed by atoms with Crippen LogP contribution >= 0.6 is 0 Å². The summed E-state index contributed by atoms with van der Waals surface area (Å²) in [4.78, 5) is 11.6. The lowest BCUT2D eigenvalue weighted by atomic mass is 9.94. The van der Waals surface area contributed by atoms with E-state index in [1.54, 1.807) is 13.8 Å². The predicted octanol–water partition coefficient (Wildman–Crippen LogP) is 1.73. The van der Waals surface area contributed by atoms with Crippen molar-refractivity contribution in [3.05, 3.63) is 0 Å². The third-order valence-electron chi connectivity index (χ3n) is 3.25. The van der Waals surface area contributed by atoms with Crippen LogP contribution in [0, 0.1) is 10.8 Å². The number of carbonyl (C=O) groups excluding carboxylic acids is 1. The number of aliphatic hydroxyl groups is 1. The minimum absolute atomic E-state index is 0.0276. The molecule has 0 aliphatic carbocycles. The molecule has 0 aromatic rings. The van der Waals surface area contributed by atoms with Crippen molar-refractivity contribution in [3.63, 3.8) is 0 Å². The fourth-order valence-corrected chi connectivity index (χ4v) is 1.60. The number of esters is 1. The molecule has 0 rings (SSSR count). The van der Waals surface area contributed by atoms with Gasteiger partial charge in [0.25, 0.3) is 0 Å². The number of hydrogen-bond acceptors (Lipinski definition) is 6. The quantitative estimate of drug-likeness (QED) is 0.417. The molecule has 0 spiro atoms. The van der Waals surface area contributed by atoms with E-state index < -0.39 is 5.60 Å². The van der Waals surface area contributed by atoms with Crippen LogP contribution in [-0.4, -0.2) is 56.3 Å². The fraction of sp³-hybridized carbons (Fsp3) is 0.941. The van der Waals surface area contributed by atoms with E-state index in [0.717, 1.165) is 0 Å². The van der Waals surface area contributed by atoms with Gasteiger partial charge in [-0.1, -0.05) is 27.7 Å². The largest absolute Gasteiger partial charge is 0.457 e. The van der Waals surface area contributed by atoms with Crippen molar-refractivity contribution in [2.24, 2.45) is 16.6 Å². The van der Waals surface area contributed by atoms with Crippen molar-refractivity contribution in [3.8, 4) is 0 Å². The average molecular weight is 333 g/mol. The smallest absolute Gasteiger partial charge is 0.308 e. The Hall–Kier alpha value is -0.690. The molecule has 23 heavy (non-hydrogen) atoms. The van der Waals surface area contributed by atoms with Gasteiger partial charge in [-0.05, 0) is 20.4 Å². The summed E-state index contributed by atoms with van der Waals surface area (Å²) in [6.07, 6.45) is 0.167. The Bertz CT molecular complexity index is 353. The van der Waals surface area contributed by atoms with Crippen LogP contribution in [0.4, 0.5) is 0 Å². The zero-order valence-electron chi connectivity index (χ0n) is 15.6. The Kier molecular flexibility index (Phi) is 9.28. The lowest BCUT2D eigenvalue weighted by Gasteiger charge is -2.28. The van der Waals surface area contributed by atoms with Gasteiger partial charge in [-0.3, -0.25) is 4.79 Å². The second kappa shape index (κ2) is 9.57. The normalized spacial score (nSPS) is 13.2. The van der Waals surface area contributed by atoms with Crippen LogP contribution < -0.4 is 5.73 Å². The molecule has 0 aromatic carbocycles. The van der Waals surface area contributed by atoms with Crippen LogP contribution in [0.2, 0.25) is 0 Å². The van der Waals surface area contributed by atoms with E-state index in [1.807, 2.05) is 0 Å². The highest BCUT2D eigenvalue weighted by molar-refractivity contribution is 5.69. The molecular formula is C17H35NO5. The Balaban J connectivity index is 3.91. The fourth-order valence-electron chi connectivity index (χ4n) is 1.60. The van der Waals surface area contributed by atoms with Gasteiger partial charge in [0.05, 0.1) is 39.5 Å². The maximum absolute atomic E-state index is 11.6. The van der Waals surface area contributed by atoms with Gasteiger partial charge in [0.2, 0.25) is 0 Å². The Morgan fingerprint density at radius 1 is 0.957 bits per heavy atom. The van der Waals surface area contributed by atoms with Crippen molar-refractivity contribution in [2.45, 2.75) is 53.6 Å². The van der Waals surface area contributed by atoms with Crippen LogP contribution in [0.3, 0.4) is 0 Å². The lowest BCUT2D eigenvalue weighted by Crippen LogP contribution is -2.33. The van der Waals surface area contributed by atoms with Crippen LogP contribution in [0.25, 0.3) is 0 Å². The Morgan fingerprint density at radius 2 is 1.48 bits per heavy atom. The number of ether oxygens (including phenoxy) is 3. The molecule has 138 valence electrons. The van der Waals surface area contributed by atoms with Crippen LogP contribution in [-0.2, 0) is 19.0 Å². The number of aliphatic hydroxyl groups excluding tert-OH is 1. The van der Waals surface area contributed by atoms with E-state index in [4.69, 9.17) is 25.1 Å². The first-order valence-electron chi connectivity index (χ1n) is 8.11. The third kappa shape index (κ3) is 11.5. The SMILES string of the molecule is CC(C)(CN)COCC(C)(C)COCCC(=O)OC(C)(C)CO. The summed E-state index contributed by atoms with van der Waals surface area (Å²) in [5.74, 6) is -0.372. The maximum atomic E-state index is 11.6. The molecule has 0 radical (unpaired) electrons. The highest BCUT2D eigenvalue weighted by atomic mass is 16.6. The second-order valence-electron chi connectivity index (χ2n) is 8.22. The Morgan fingerprint density at radius 3 is 2.00 bits per heavy atom. The first-order chi connectivity index (χ1) is 10.4. The second-order valence-corrected chi connectivity index (χ2v) is 8.22. The molecular weight excluding hydrogens is 298 g/mol. The molecule has 0 saturated carbocycles. The molecule has 3 N–H and O–H groups in total. The van der Waals surface area contributed by atoms with Gasteiger partial charge in [0.15, 0.2) is 0 Å². The molecule has 0 heterocycles. The highest BCUT2D eigenvalue weighted by Crippen LogP contribution is 2.19. The van der Waals surface area contributed by atoms with Crippen molar-refractivity contribution in [1.29, 1.82) is 0 Å². The highest BCUT2D eigenvalue weighted by Gasteiger charge is 2.23. The summed E-state index contributed by atoms with van der Waals surface area (Å²) in [5.41, 5.74) is 4.66. The van der Waals surface area contributed by atoms with E-state index in [1.165, 1.54) is 0 Å². The van der Waals surface area contributed by atoms with Crippen molar-refractivity contribution < 1.29 is 24.1 Å². The molecule has 0 aliphatic heterocycles. The van der Waals surface area contributed by atoms with Gasteiger partial charge in [-0.15, -0.1) is 0 Å². The molecule has 6 heteroatoms. The summed E-state index contributed by atoms with van der Waals surface area (Å²) in [6.45, 7) is 13.9. The van der Waals surface area contributed by atoms with E-state index in [0.29, 0.717) is 26.4 Å². The van der Waals surface area contributed by atoms with Gasteiger partial charge >= 0.3 is 5.97 Å². The van der Waals surface area contributed by atoms with E-state index in [9.17, 15) is 4.79 Å². The standard InChI is InChI=1S/C17H35NO5/c1-15(2,9-18)11-22-13-16(3,4)12-21-8-7-14(20)23-17(5,6)10-19/h19H,7-13,18H2,1-6H3. The van der Waals surface area contributed by atoms with E-state index in [2.05, 4.69) is 27.7 Å². The predicted molar refractivity (Wildman–Crippen MR) is 90.1 cm³/mol. The minimum Gasteiger partial charge on any atom is -0.457 e. The molecule has 0 fully saturated rings. The van der Waals surface area contributed by atoms with Gasteiger partial charge in [0, 0.05) is 10.8 Å². The molecule has 0 saturated heterocycles. The van der Waals surface area contributed by atoms with Crippen LogP contribution in [0.15, 0.2) is 0 Å². The van der Waals surface area contributed by atoms with Gasteiger partial charge in [0.1, 0.15) is 5.60 Å². The molecule has 0 bridgehead atoms. The van der Waals surface area contributed by atoms with Gasteiger partial charge < -0.3 is 25.1 Å². The molecule has 0 unspecified atom stereocenters. The Labute approximate surface area is 140 Å². The number of hydrogen-bond donors (Lipinski definition) is 2. The average Bonchev–Trinajstić information content (AvgIpc) is 2.43. The van der Waals surface area contributed by atoms with Crippen molar-refractivity contribution in [1.82, 2.24) is 0 Å². The van der Waals surface area contributed by atoms with E-state index >= 15 is 0 Å². The monoisotopic (exact) mass is 333 g/mol. The van der Waals surface area contributed by atoms with E-state index in [-0.39, 0.29) is 36.4 Å². The summed E-state index contributed by atoms with van der Waals surface area (Å²) in [6, 6.07) is 0. The lowest BCUT2D eigenvalue weighted by molar-refractivity contribution is -0.161. The number of nitrogens with two attached hydrogens (primary N) is 1. The summed E-state index contributed by atoms with van der Waals surface area (Å²) in [5, 5.41) is 9.05. The maximum Gasteiger partial charge on any atom is 0.308 e. The molecule has 0 aliphatic rings. The van der Waals surface area contributed by atoms with Crippen molar-refractivity contribution >= 4 is 5.97 Å². The third-order valence-corrected chi connectivity index (χ3v) is 3.25. The first-order valence-corrected chi connectivity index (χ1v) is 8.11. The zero-order chi connectivity index (χ0) is 18.1. The summed E-state index contributed by atoms with van der Waals surface area (Å²) < 4.78 is 16.4. The topological polar surface area (TPSA) is 91.0 Å². The first kappa shape index (κ1) is 22.3. The summed E-state index contributed by atoms with van der Waals surface area (Å²) in [7, 11) is 0. The molecule has 6 nitrogen and oxygen atoms in total. The minimum atomic E-state index is -0.847. The number of rotatable bonds is 12. The van der Waals surface area contributed by atoms with Gasteiger partial charge in [-0.25, -0.2) is 0 Å². The van der Waals surface area contributed by atoms with Crippen LogP contribution in [0.1, 0.15) is 48.0 Å².